The molecule has 0 rings (SSSR count). The summed E-state index contributed by atoms with van der Waals surface area (Å²) in [5.74, 6) is -0.882. The van der Waals surface area contributed by atoms with E-state index in [1.54, 1.807) is 0 Å². The van der Waals surface area contributed by atoms with Gasteiger partial charge in [-0.2, -0.15) is 0 Å². The van der Waals surface area contributed by atoms with Crippen LogP contribution in [0.4, 0.5) is 0 Å². The van der Waals surface area contributed by atoms with Crippen molar-refractivity contribution in [3.05, 3.63) is 97.2 Å². The Morgan fingerprint density at radius 3 is 0.782 bits per heavy atom. The molecule has 0 aromatic heterocycles. The summed E-state index contributed by atoms with van der Waals surface area (Å²) < 4.78 is 17.0. The number of carbonyl (C=O) groups excluding carboxylic acids is 3. The van der Waals surface area contributed by atoms with Crippen LogP contribution in [0.25, 0.3) is 0 Å². The van der Waals surface area contributed by atoms with E-state index >= 15 is 0 Å². The van der Waals surface area contributed by atoms with Crippen LogP contribution >= 0.6 is 0 Å². The second kappa shape index (κ2) is 65.8. The average molecular weight is 1090 g/mol. The van der Waals surface area contributed by atoms with Crippen LogP contribution in [-0.2, 0) is 28.6 Å². The summed E-state index contributed by atoms with van der Waals surface area (Å²) in [6, 6.07) is 0. The Bertz CT molecular complexity index is 1530. The summed E-state index contributed by atoms with van der Waals surface area (Å²) in [5.41, 5.74) is 0. The Kier molecular flexibility index (Phi) is 62.7. The van der Waals surface area contributed by atoms with Crippen LogP contribution in [0.3, 0.4) is 0 Å². The molecular weight excluding hydrogens is 961 g/mol. The number of carbonyl (C=O) groups is 3. The highest BCUT2D eigenvalue weighted by Crippen LogP contribution is 2.17. The molecule has 0 aliphatic heterocycles. The number of rotatable bonds is 60. The van der Waals surface area contributed by atoms with Crippen LogP contribution in [0.2, 0.25) is 0 Å². The lowest BCUT2D eigenvalue weighted by atomic mass is 10.0. The minimum atomic E-state index is -0.787. The van der Waals surface area contributed by atoms with Crippen molar-refractivity contribution in [2.45, 2.75) is 329 Å². The van der Waals surface area contributed by atoms with E-state index in [1.165, 1.54) is 161 Å². The summed E-state index contributed by atoms with van der Waals surface area (Å²) in [7, 11) is 0. The van der Waals surface area contributed by atoms with Crippen molar-refractivity contribution < 1.29 is 28.6 Å². The topological polar surface area (TPSA) is 78.9 Å². The van der Waals surface area contributed by atoms with E-state index in [1.807, 2.05) is 0 Å². The maximum atomic E-state index is 12.9. The van der Waals surface area contributed by atoms with Gasteiger partial charge in [0.25, 0.3) is 0 Å². The number of hydrogen-bond donors (Lipinski definition) is 0. The van der Waals surface area contributed by atoms with E-state index < -0.39 is 6.10 Å². The molecule has 0 radical (unpaired) electrons. The molecule has 6 nitrogen and oxygen atoms in total. The third-order valence-corrected chi connectivity index (χ3v) is 14.3. The summed E-state index contributed by atoms with van der Waals surface area (Å²) in [5, 5.41) is 0. The third-order valence-electron chi connectivity index (χ3n) is 14.3. The molecule has 0 aromatic rings. The Morgan fingerprint density at radius 2 is 0.500 bits per heavy atom. The van der Waals surface area contributed by atoms with Gasteiger partial charge in [-0.1, -0.05) is 304 Å². The van der Waals surface area contributed by atoms with E-state index in [0.717, 1.165) is 122 Å². The Hall–Kier alpha value is -3.67. The summed E-state index contributed by atoms with van der Waals surface area (Å²) in [6.07, 6.45) is 88.4. The van der Waals surface area contributed by atoms with Crippen molar-refractivity contribution in [1.82, 2.24) is 0 Å². The lowest BCUT2D eigenvalue weighted by Gasteiger charge is -2.18. The molecule has 0 spiro atoms. The fourth-order valence-electron chi connectivity index (χ4n) is 9.43. The van der Waals surface area contributed by atoms with Crippen molar-refractivity contribution in [2.75, 3.05) is 13.2 Å². The molecule has 6 heteroatoms. The van der Waals surface area contributed by atoms with Gasteiger partial charge in [0.2, 0.25) is 0 Å². The van der Waals surface area contributed by atoms with Crippen LogP contribution in [0, 0.1) is 0 Å². The zero-order valence-electron chi connectivity index (χ0n) is 51.4. The number of hydrogen-bond acceptors (Lipinski definition) is 6. The predicted molar refractivity (Wildman–Crippen MR) is 339 cm³/mol. The highest BCUT2D eigenvalue weighted by atomic mass is 16.6. The monoisotopic (exact) mass is 1080 g/mol. The Balaban J connectivity index is 4.40. The molecule has 78 heavy (non-hydrogen) atoms. The highest BCUT2D eigenvalue weighted by molar-refractivity contribution is 5.71. The summed E-state index contributed by atoms with van der Waals surface area (Å²) in [6.45, 7) is 6.45. The van der Waals surface area contributed by atoms with Gasteiger partial charge in [0.1, 0.15) is 13.2 Å². The molecule has 0 saturated carbocycles. The van der Waals surface area contributed by atoms with Crippen molar-refractivity contribution in [2.24, 2.45) is 0 Å². The summed E-state index contributed by atoms with van der Waals surface area (Å²) in [4.78, 5) is 38.4. The van der Waals surface area contributed by atoms with Crippen LogP contribution in [-0.4, -0.2) is 37.2 Å². The van der Waals surface area contributed by atoms with Crippen LogP contribution in [0.15, 0.2) is 97.2 Å². The normalized spacial score (nSPS) is 12.7. The first-order valence-electron chi connectivity index (χ1n) is 33.2. The van der Waals surface area contributed by atoms with E-state index in [2.05, 4.69) is 118 Å². The molecule has 0 heterocycles. The molecule has 0 fully saturated rings. The first kappa shape index (κ1) is 74.3. The molecule has 0 bridgehead atoms. The first-order chi connectivity index (χ1) is 38.5. The first-order valence-corrected chi connectivity index (χ1v) is 33.2. The average Bonchev–Trinajstić information content (AvgIpc) is 3.44. The quantitative estimate of drug-likeness (QED) is 0.0261. The fourth-order valence-corrected chi connectivity index (χ4v) is 9.43. The predicted octanol–water partition coefficient (Wildman–Crippen LogP) is 22.8. The second-order valence-electron chi connectivity index (χ2n) is 22.0. The van der Waals surface area contributed by atoms with Gasteiger partial charge in [0, 0.05) is 19.3 Å². The largest absolute Gasteiger partial charge is 0.462 e. The zero-order valence-corrected chi connectivity index (χ0v) is 51.4. The molecule has 0 N–H and O–H groups in total. The standard InChI is InChI=1S/C72H124O6/c1-4-7-10-13-16-19-22-25-28-31-34-36-38-41-44-47-50-53-56-59-62-65-71(74)77-68-69(67-76-70(73)64-61-58-55-52-49-46-43-40-33-30-27-24-21-18-15-12-9-6-3)78-72(75)66-63-60-57-54-51-48-45-42-39-37-35-32-29-26-23-20-17-14-11-8-5-2/h7-8,10-11,16-17,19-20,25-26,28-29,34-37,69H,4-6,9,12-15,18,21-24,27,30-33,38-68H2,1-3H3/b10-7-,11-8-,19-16-,20-17-,28-25-,29-26-,36-34-,37-35-. The van der Waals surface area contributed by atoms with Gasteiger partial charge in [-0.25, -0.2) is 0 Å². The van der Waals surface area contributed by atoms with Crippen molar-refractivity contribution in [1.29, 1.82) is 0 Å². The van der Waals surface area contributed by atoms with Crippen LogP contribution in [0.1, 0.15) is 323 Å². The number of allylic oxidation sites excluding steroid dienone is 16. The second-order valence-corrected chi connectivity index (χ2v) is 22.0. The lowest BCUT2D eigenvalue weighted by Crippen LogP contribution is -2.30. The Labute approximate surface area is 483 Å². The molecule has 0 aromatic carbocycles. The van der Waals surface area contributed by atoms with Gasteiger partial charge in [0.15, 0.2) is 6.10 Å². The van der Waals surface area contributed by atoms with Crippen molar-refractivity contribution in [3.8, 4) is 0 Å². The molecule has 1 atom stereocenters. The third kappa shape index (κ3) is 63.2. The van der Waals surface area contributed by atoms with Gasteiger partial charge in [-0.15, -0.1) is 0 Å². The van der Waals surface area contributed by atoms with Crippen LogP contribution < -0.4 is 0 Å². The zero-order chi connectivity index (χ0) is 56.4. The SMILES string of the molecule is CC/C=C\C/C=C\C/C=C\C/C=C\CCCCCCCCCCC(=O)OCC(COC(=O)CCCCCCCCCCCCCCCCCCCC)OC(=O)CCCCCCCCCC/C=C\C/C=C\C/C=C\C/C=C\CC. The maximum Gasteiger partial charge on any atom is 0.306 e. The van der Waals surface area contributed by atoms with Gasteiger partial charge in [-0.3, -0.25) is 14.4 Å². The maximum absolute atomic E-state index is 12.9. The Morgan fingerprint density at radius 1 is 0.269 bits per heavy atom. The minimum absolute atomic E-state index is 0.0807. The van der Waals surface area contributed by atoms with Gasteiger partial charge in [-0.05, 0) is 96.3 Å². The lowest BCUT2D eigenvalue weighted by molar-refractivity contribution is -0.167. The highest BCUT2D eigenvalue weighted by Gasteiger charge is 2.19. The number of ether oxygens (including phenoxy) is 3. The number of unbranched alkanes of at least 4 members (excludes halogenated alkanes) is 33. The summed E-state index contributed by atoms with van der Waals surface area (Å²) >= 11 is 0. The molecule has 448 valence electrons. The van der Waals surface area contributed by atoms with Gasteiger partial charge in [0.05, 0.1) is 0 Å². The van der Waals surface area contributed by atoms with Crippen molar-refractivity contribution in [3.63, 3.8) is 0 Å². The van der Waals surface area contributed by atoms with E-state index in [-0.39, 0.29) is 31.1 Å². The molecule has 0 amide bonds. The van der Waals surface area contributed by atoms with Crippen LogP contribution in [0.5, 0.6) is 0 Å². The van der Waals surface area contributed by atoms with E-state index in [9.17, 15) is 14.4 Å². The van der Waals surface area contributed by atoms with Crippen molar-refractivity contribution >= 4 is 17.9 Å². The molecular formula is C72H124O6. The van der Waals surface area contributed by atoms with E-state index in [0.29, 0.717) is 19.3 Å². The fraction of sp³-hybridized carbons (Fsp3) is 0.736. The molecule has 0 aliphatic rings. The molecule has 0 aliphatic carbocycles. The molecule has 0 saturated heterocycles. The smallest absolute Gasteiger partial charge is 0.306 e. The van der Waals surface area contributed by atoms with Gasteiger partial charge < -0.3 is 14.2 Å². The van der Waals surface area contributed by atoms with Gasteiger partial charge >= 0.3 is 17.9 Å². The van der Waals surface area contributed by atoms with E-state index in [4.69, 9.17) is 14.2 Å². The number of esters is 3. The minimum Gasteiger partial charge on any atom is -0.462 e. The molecule has 1 unspecified atom stereocenters.